The topological polar surface area (TPSA) is 78.4 Å². The molecule has 1 unspecified atom stereocenters. The molecule has 1 aliphatic heterocycles. The summed E-state index contributed by atoms with van der Waals surface area (Å²) in [6, 6.07) is 0. The SMILES string of the molecule is CC1=CSS(O[Cl+3]([O-])([O-])[O-])=C1C. The van der Waals surface area contributed by atoms with E-state index in [0.29, 0.717) is 0 Å². The van der Waals surface area contributed by atoms with Crippen molar-refractivity contribution >= 4 is 25.5 Å². The van der Waals surface area contributed by atoms with Crippen molar-refractivity contribution in [2.75, 3.05) is 0 Å². The highest BCUT2D eigenvalue weighted by Crippen LogP contribution is 2.43. The Balaban J connectivity index is 2.69. The van der Waals surface area contributed by atoms with Crippen LogP contribution in [0.1, 0.15) is 13.8 Å². The van der Waals surface area contributed by atoms with Crippen LogP contribution >= 0.6 is 20.6 Å². The molecular weight excluding hydrogens is 224 g/mol. The molecule has 1 heterocycles. The van der Waals surface area contributed by atoms with E-state index in [4.69, 9.17) is 0 Å². The first-order chi connectivity index (χ1) is 5.40. The van der Waals surface area contributed by atoms with Gasteiger partial charge in [0.05, 0.1) is 10.2 Å². The first kappa shape index (κ1) is 10.5. The van der Waals surface area contributed by atoms with Crippen molar-refractivity contribution in [3.8, 4) is 0 Å². The number of halogens is 1. The van der Waals surface area contributed by atoms with Crippen molar-refractivity contribution in [2.24, 2.45) is 0 Å². The molecule has 1 rings (SSSR count). The molecule has 0 saturated heterocycles. The second kappa shape index (κ2) is 3.67. The quantitative estimate of drug-likeness (QED) is 0.442. The molecule has 12 heavy (non-hydrogen) atoms. The fraction of sp³-hybridized carbons (Fsp3) is 0.400. The highest BCUT2D eigenvalue weighted by molar-refractivity contribution is 8.83. The van der Waals surface area contributed by atoms with Gasteiger partial charge in [0, 0.05) is 4.86 Å². The van der Waals surface area contributed by atoms with Crippen LogP contribution in [0.25, 0.3) is 0 Å². The molecule has 0 fully saturated rings. The Morgan fingerprint density at radius 3 is 2.33 bits per heavy atom. The monoisotopic (exact) mass is 230 g/mol. The second-order valence-electron chi connectivity index (χ2n) is 2.13. The van der Waals surface area contributed by atoms with Crippen molar-refractivity contribution in [1.82, 2.24) is 0 Å². The third-order valence-electron chi connectivity index (χ3n) is 1.25. The summed E-state index contributed by atoms with van der Waals surface area (Å²) in [4.78, 5) is 0.798. The van der Waals surface area contributed by atoms with Crippen molar-refractivity contribution in [1.29, 1.82) is 0 Å². The molecule has 1 atom stereocenters. The van der Waals surface area contributed by atoms with E-state index >= 15 is 0 Å². The summed E-state index contributed by atoms with van der Waals surface area (Å²) in [5, 5.41) is 1.78. The average Bonchev–Trinajstić information content (AvgIpc) is 2.16. The van der Waals surface area contributed by atoms with E-state index < -0.39 is 20.0 Å². The van der Waals surface area contributed by atoms with Gasteiger partial charge in [0.15, 0.2) is 9.80 Å². The molecule has 1 aliphatic rings. The third-order valence-corrected chi connectivity index (χ3v) is 5.80. The van der Waals surface area contributed by atoms with Crippen molar-refractivity contribution in [2.45, 2.75) is 13.8 Å². The zero-order valence-corrected chi connectivity index (χ0v) is 8.79. The smallest absolute Gasteiger partial charge is 0.174 e. The maximum Gasteiger partial charge on any atom is 0.174 e. The second-order valence-corrected chi connectivity index (χ2v) is 6.38. The van der Waals surface area contributed by atoms with Crippen molar-refractivity contribution in [3.63, 3.8) is 0 Å². The van der Waals surface area contributed by atoms with E-state index in [1.165, 1.54) is 10.8 Å². The van der Waals surface area contributed by atoms with Gasteiger partial charge in [-0.15, -0.1) is 0 Å². The zero-order chi connectivity index (χ0) is 9.35. The van der Waals surface area contributed by atoms with E-state index in [1.54, 1.807) is 12.3 Å². The predicted molar refractivity (Wildman–Crippen MR) is 40.7 cm³/mol. The van der Waals surface area contributed by atoms with Gasteiger partial charge in [-0.05, 0) is 35.6 Å². The molecule has 0 spiro atoms. The van der Waals surface area contributed by atoms with Crippen LogP contribution in [0.4, 0.5) is 0 Å². The molecule has 0 aromatic carbocycles. The van der Waals surface area contributed by atoms with Gasteiger partial charge in [-0.25, -0.2) is 0 Å². The lowest BCUT2D eigenvalue weighted by molar-refractivity contribution is -1.91. The Bertz CT molecular complexity index is 255. The largest absolute Gasteiger partial charge is 0.182 e. The van der Waals surface area contributed by atoms with Crippen LogP contribution < -0.4 is 14.0 Å². The summed E-state index contributed by atoms with van der Waals surface area (Å²) in [6.07, 6.45) is 0. The van der Waals surface area contributed by atoms with Crippen molar-refractivity contribution in [3.05, 3.63) is 11.0 Å². The Morgan fingerprint density at radius 2 is 2.00 bits per heavy atom. The molecular formula is C5H7ClO4S2. The van der Waals surface area contributed by atoms with Gasteiger partial charge in [-0.3, -0.25) is 0 Å². The summed E-state index contributed by atoms with van der Waals surface area (Å²) in [5.41, 5.74) is 0.960. The first-order valence-electron chi connectivity index (χ1n) is 2.93. The van der Waals surface area contributed by atoms with Gasteiger partial charge in [-0.2, -0.15) is 14.0 Å². The zero-order valence-electron chi connectivity index (χ0n) is 6.40. The molecule has 0 aliphatic carbocycles. The lowest BCUT2D eigenvalue weighted by Gasteiger charge is -2.12. The first-order valence-corrected chi connectivity index (χ1v) is 6.71. The molecule has 7 heteroatoms. The number of rotatable bonds is 2. The van der Waals surface area contributed by atoms with Gasteiger partial charge < -0.3 is 0 Å². The molecule has 70 valence electrons. The Labute approximate surface area is 78.5 Å². The Kier molecular flexibility index (Phi) is 3.21. The molecule has 0 bridgehead atoms. The summed E-state index contributed by atoms with van der Waals surface area (Å²) in [5.74, 6) is 0. The maximum absolute atomic E-state index is 10.2. The van der Waals surface area contributed by atoms with E-state index in [9.17, 15) is 14.0 Å². The molecule has 0 aromatic rings. The summed E-state index contributed by atoms with van der Waals surface area (Å²) < 4.78 is 34.8. The average molecular weight is 231 g/mol. The summed E-state index contributed by atoms with van der Waals surface area (Å²) in [7, 11) is -4.05. The maximum atomic E-state index is 10.2. The Hall–Kier alpha value is 0.440. The predicted octanol–water partition coefficient (Wildman–Crippen LogP) is -1.16. The van der Waals surface area contributed by atoms with Gasteiger partial charge in [-0.1, -0.05) is 0 Å². The molecule has 4 nitrogen and oxygen atoms in total. The molecule has 0 aromatic heterocycles. The lowest BCUT2D eigenvalue weighted by Crippen LogP contribution is -2.60. The third kappa shape index (κ3) is 2.74. The number of hydrogen-bond donors (Lipinski definition) is 0. The van der Waals surface area contributed by atoms with Crippen LogP contribution in [0.2, 0.25) is 0 Å². The summed E-state index contributed by atoms with van der Waals surface area (Å²) in [6.45, 7) is 3.59. The molecule has 0 radical (unpaired) electrons. The fourth-order valence-corrected chi connectivity index (χ4v) is 4.90. The Morgan fingerprint density at radius 1 is 1.42 bits per heavy atom. The van der Waals surface area contributed by atoms with E-state index in [0.717, 1.165) is 10.4 Å². The van der Waals surface area contributed by atoms with Crippen molar-refractivity contribution < 1.29 is 28.0 Å². The van der Waals surface area contributed by atoms with Gasteiger partial charge in [0.1, 0.15) is 3.74 Å². The van der Waals surface area contributed by atoms with Crippen LogP contribution in [0.5, 0.6) is 0 Å². The van der Waals surface area contributed by atoms with Gasteiger partial charge in [0.25, 0.3) is 0 Å². The minimum atomic E-state index is -4.31. The summed E-state index contributed by atoms with van der Waals surface area (Å²) >= 11 is 0. The van der Waals surface area contributed by atoms with E-state index in [2.05, 4.69) is 3.74 Å². The highest BCUT2D eigenvalue weighted by Gasteiger charge is 2.27. The van der Waals surface area contributed by atoms with Crippen LogP contribution in [0.15, 0.2) is 11.0 Å². The van der Waals surface area contributed by atoms with Crippen LogP contribution in [-0.2, 0) is 3.74 Å². The van der Waals surface area contributed by atoms with Gasteiger partial charge >= 0.3 is 0 Å². The van der Waals surface area contributed by atoms with E-state index in [-0.39, 0.29) is 0 Å². The van der Waals surface area contributed by atoms with E-state index in [1.807, 2.05) is 6.92 Å². The van der Waals surface area contributed by atoms with Crippen LogP contribution in [-0.4, -0.2) is 4.86 Å². The molecule has 0 amide bonds. The number of allylic oxidation sites excluding steroid dienone is 1. The minimum Gasteiger partial charge on any atom is -0.182 e. The standard InChI is InChI=1S/C5H7ClO4S2/c1-4-3-11-12(5(4)2)10-6(7,8)9/h3H,1-2H3. The van der Waals surface area contributed by atoms with Crippen LogP contribution in [0, 0.1) is 10.2 Å². The van der Waals surface area contributed by atoms with Crippen LogP contribution in [0.3, 0.4) is 0 Å². The molecule has 0 N–H and O–H groups in total. The highest BCUT2D eigenvalue weighted by atomic mass is 35.7. The van der Waals surface area contributed by atoms with Gasteiger partial charge in [0.2, 0.25) is 0 Å². The fourth-order valence-electron chi connectivity index (χ4n) is 0.535. The molecule has 0 saturated carbocycles. The lowest BCUT2D eigenvalue weighted by atomic mass is 10.3. The normalized spacial score (nSPS) is 24.6. The minimum absolute atomic E-state index is 0.798. The number of hydrogen-bond acceptors (Lipinski definition) is 5.